The highest BCUT2D eigenvalue weighted by atomic mass is 16.5. The van der Waals surface area contributed by atoms with E-state index in [4.69, 9.17) is 10.5 Å². The van der Waals surface area contributed by atoms with Crippen LogP contribution in [0.2, 0.25) is 0 Å². The molecule has 1 rings (SSSR count). The van der Waals surface area contributed by atoms with E-state index >= 15 is 0 Å². The van der Waals surface area contributed by atoms with Crippen molar-refractivity contribution in [1.82, 2.24) is 0 Å². The summed E-state index contributed by atoms with van der Waals surface area (Å²) < 4.78 is 5.35. The molecule has 0 radical (unpaired) electrons. The Balaban J connectivity index is 2.23. The van der Waals surface area contributed by atoms with Gasteiger partial charge in [-0.1, -0.05) is 6.92 Å². The van der Waals surface area contributed by atoms with Crippen molar-refractivity contribution in [2.75, 3.05) is 19.8 Å². The van der Waals surface area contributed by atoms with E-state index in [1.54, 1.807) is 0 Å². The highest BCUT2D eigenvalue weighted by Gasteiger charge is 2.39. The first-order chi connectivity index (χ1) is 5.73. The van der Waals surface area contributed by atoms with Gasteiger partial charge in [0.2, 0.25) is 0 Å². The fourth-order valence-electron chi connectivity index (χ4n) is 1.70. The van der Waals surface area contributed by atoms with E-state index in [9.17, 15) is 0 Å². The summed E-state index contributed by atoms with van der Waals surface area (Å²) in [6, 6.07) is 0. The Bertz CT molecular complexity index is 134. The van der Waals surface area contributed by atoms with E-state index in [1.165, 1.54) is 12.8 Å². The van der Waals surface area contributed by atoms with E-state index in [1.807, 2.05) is 6.92 Å². The van der Waals surface area contributed by atoms with Gasteiger partial charge in [-0.2, -0.15) is 0 Å². The lowest BCUT2D eigenvalue weighted by atomic mass is 9.82. The fourth-order valence-corrected chi connectivity index (χ4v) is 1.70. The number of rotatable bonds is 6. The van der Waals surface area contributed by atoms with Gasteiger partial charge in [-0.3, -0.25) is 0 Å². The average Bonchev–Trinajstić information content (AvgIpc) is 2.87. The minimum absolute atomic E-state index is 0.356. The summed E-state index contributed by atoms with van der Waals surface area (Å²) in [4.78, 5) is 0. The average molecular weight is 171 g/mol. The highest BCUT2D eigenvalue weighted by molar-refractivity contribution is 4.91. The van der Waals surface area contributed by atoms with E-state index in [0.717, 1.165) is 32.1 Å². The summed E-state index contributed by atoms with van der Waals surface area (Å²) in [5.41, 5.74) is 6.13. The molecule has 1 fully saturated rings. The quantitative estimate of drug-likeness (QED) is 0.618. The normalized spacial score (nSPS) is 22.2. The Labute approximate surface area is 75.5 Å². The Kier molecular flexibility index (Phi) is 3.53. The van der Waals surface area contributed by atoms with Crippen LogP contribution in [-0.4, -0.2) is 19.8 Å². The summed E-state index contributed by atoms with van der Waals surface area (Å²) in [7, 11) is 0. The van der Waals surface area contributed by atoms with Crippen LogP contribution < -0.4 is 5.73 Å². The van der Waals surface area contributed by atoms with Crippen molar-refractivity contribution in [1.29, 1.82) is 0 Å². The maximum atomic E-state index is 5.77. The molecule has 0 aromatic carbocycles. The van der Waals surface area contributed by atoms with E-state index in [0.29, 0.717) is 5.41 Å². The number of ether oxygens (including phenoxy) is 1. The molecule has 2 heteroatoms. The minimum Gasteiger partial charge on any atom is -0.382 e. The second-order valence-electron chi connectivity index (χ2n) is 4.08. The van der Waals surface area contributed by atoms with Crippen molar-refractivity contribution < 1.29 is 4.74 Å². The van der Waals surface area contributed by atoms with Crippen molar-refractivity contribution in [2.45, 2.75) is 33.1 Å². The number of hydrogen-bond donors (Lipinski definition) is 1. The second-order valence-corrected chi connectivity index (χ2v) is 4.08. The monoisotopic (exact) mass is 171 g/mol. The highest BCUT2D eigenvalue weighted by Crippen LogP contribution is 2.46. The third kappa shape index (κ3) is 2.46. The van der Waals surface area contributed by atoms with Crippen molar-refractivity contribution >= 4 is 0 Å². The van der Waals surface area contributed by atoms with Crippen LogP contribution >= 0.6 is 0 Å². The summed E-state index contributed by atoms with van der Waals surface area (Å²) in [5, 5.41) is 0. The molecule has 1 aliphatic rings. The van der Waals surface area contributed by atoms with Crippen LogP contribution in [0.3, 0.4) is 0 Å². The number of nitrogens with two attached hydrogens (primary N) is 1. The molecule has 0 aromatic heterocycles. The lowest BCUT2D eigenvalue weighted by molar-refractivity contribution is 0.102. The maximum absolute atomic E-state index is 5.77. The van der Waals surface area contributed by atoms with Gasteiger partial charge in [0, 0.05) is 13.2 Å². The molecule has 2 nitrogen and oxygen atoms in total. The van der Waals surface area contributed by atoms with Gasteiger partial charge in [-0.25, -0.2) is 0 Å². The summed E-state index contributed by atoms with van der Waals surface area (Å²) in [6.07, 6.45) is 3.88. The van der Waals surface area contributed by atoms with Crippen LogP contribution in [0.15, 0.2) is 0 Å². The fraction of sp³-hybridized carbons (Fsp3) is 1.00. The summed E-state index contributed by atoms with van der Waals surface area (Å²) >= 11 is 0. The van der Waals surface area contributed by atoms with E-state index in [-0.39, 0.29) is 0 Å². The molecule has 0 saturated heterocycles. The topological polar surface area (TPSA) is 35.2 Å². The first-order valence-corrected chi connectivity index (χ1v) is 5.00. The third-order valence-corrected chi connectivity index (χ3v) is 3.05. The van der Waals surface area contributed by atoms with Gasteiger partial charge in [-0.05, 0) is 44.1 Å². The zero-order valence-electron chi connectivity index (χ0n) is 8.31. The van der Waals surface area contributed by atoms with Crippen LogP contribution in [0.5, 0.6) is 0 Å². The Morgan fingerprint density at radius 3 is 2.58 bits per heavy atom. The van der Waals surface area contributed by atoms with Crippen LogP contribution in [0.1, 0.15) is 33.1 Å². The first-order valence-electron chi connectivity index (χ1n) is 5.00. The molecule has 12 heavy (non-hydrogen) atoms. The van der Waals surface area contributed by atoms with Gasteiger partial charge in [0.25, 0.3) is 0 Å². The van der Waals surface area contributed by atoms with Crippen LogP contribution in [0, 0.1) is 11.3 Å². The van der Waals surface area contributed by atoms with Crippen molar-refractivity contribution in [3.8, 4) is 0 Å². The zero-order valence-corrected chi connectivity index (χ0v) is 8.31. The van der Waals surface area contributed by atoms with Gasteiger partial charge in [0.1, 0.15) is 0 Å². The van der Waals surface area contributed by atoms with Gasteiger partial charge in [0.15, 0.2) is 0 Å². The predicted molar refractivity (Wildman–Crippen MR) is 51.0 cm³/mol. The molecule has 0 spiro atoms. The van der Waals surface area contributed by atoms with Crippen molar-refractivity contribution in [2.24, 2.45) is 17.1 Å². The Hall–Kier alpha value is -0.0800. The molecule has 0 bridgehead atoms. The van der Waals surface area contributed by atoms with Crippen LogP contribution in [-0.2, 0) is 4.74 Å². The number of hydrogen-bond acceptors (Lipinski definition) is 2. The predicted octanol–water partition coefficient (Wildman–Crippen LogP) is 1.79. The minimum atomic E-state index is 0.356. The van der Waals surface area contributed by atoms with Gasteiger partial charge in [-0.15, -0.1) is 0 Å². The summed E-state index contributed by atoms with van der Waals surface area (Å²) in [5.74, 6) is 0.878. The maximum Gasteiger partial charge on any atom is 0.0471 e. The smallest absolute Gasteiger partial charge is 0.0471 e. The Morgan fingerprint density at radius 1 is 1.50 bits per heavy atom. The van der Waals surface area contributed by atoms with E-state index in [2.05, 4.69) is 6.92 Å². The first kappa shape index (κ1) is 10.0. The second kappa shape index (κ2) is 4.24. The largest absolute Gasteiger partial charge is 0.382 e. The molecule has 0 amide bonds. The molecule has 1 atom stereocenters. The molecule has 0 aliphatic heterocycles. The molecule has 1 unspecified atom stereocenters. The van der Waals surface area contributed by atoms with Crippen molar-refractivity contribution in [3.63, 3.8) is 0 Å². The van der Waals surface area contributed by atoms with Crippen LogP contribution in [0.4, 0.5) is 0 Å². The van der Waals surface area contributed by atoms with Gasteiger partial charge >= 0.3 is 0 Å². The standard InChI is InChI=1S/C10H21NO/c1-3-12-7-6-10(2,8-11)9-4-5-9/h9H,3-8,11H2,1-2H3. The molecule has 1 saturated carbocycles. The molecule has 0 aromatic rings. The lowest BCUT2D eigenvalue weighted by Crippen LogP contribution is -2.30. The summed E-state index contributed by atoms with van der Waals surface area (Å²) in [6.45, 7) is 6.84. The molecule has 0 heterocycles. The van der Waals surface area contributed by atoms with E-state index < -0.39 is 0 Å². The molecule has 1 aliphatic carbocycles. The SMILES string of the molecule is CCOCCC(C)(CN)C1CC1. The van der Waals surface area contributed by atoms with Crippen molar-refractivity contribution in [3.05, 3.63) is 0 Å². The lowest BCUT2D eigenvalue weighted by Gasteiger charge is -2.27. The van der Waals surface area contributed by atoms with Crippen LogP contribution in [0.25, 0.3) is 0 Å². The molecule has 2 N–H and O–H groups in total. The Morgan fingerprint density at radius 2 is 2.17 bits per heavy atom. The molecular weight excluding hydrogens is 150 g/mol. The zero-order chi connectivity index (χ0) is 9.03. The molecule has 72 valence electrons. The molecular formula is C10H21NO. The van der Waals surface area contributed by atoms with Gasteiger partial charge < -0.3 is 10.5 Å². The van der Waals surface area contributed by atoms with Gasteiger partial charge in [0.05, 0.1) is 0 Å². The third-order valence-electron chi connectivity index (χ3n) is 3.05.